The highest BCUT2D eigenvalue weighted by Crippen LogP contribution is 2.43. The Kier molecular flexibility index (Phi) is 8.83. The average molecular weight is 514 g/mol. The van der Waals surface area contributed by atoms with E-state index in [-0.39, 0.29) is 25.2 Å². The molecule has 0 atom stereocenters. The molecule has 11 heteroatoms. The summed E-state index contributed by atoms with van der Waals surface area (Å²) in [5.74, 6) is 1.67. The van der Waals surface area contributed by atoms with Crippen LogP contribution in [0, 0.1) is 0 Å². The van der Waals surface area contributed by atoms with Gasteiger partial charge in [-0.1, -0.05) is 0 Å². The van der Waals surface area contributed by atoms with E-state index in [0.29, 0.717) is 62.3 Å². The van der Waals surface area contributed by atoms with Gasteiger partial charge in [0, 0.05) is 41.4 Å². The van der Waals surface area contributed by atoms with Crippen LogP contribution < -0.4 is 39.5 Å². The second-order valence-electron chi connectivity index (χ2n) is 7.91. The Morgan fingerprint density at radius 1 is 0.784 bits per heavy atom. The molecule has 0 saturated carbocycles. The number of aromatic nitrogens is 1. The summed E-state index contributed by atoms with van der Waals surface area (Å²) in [5.41, 5.74) is 7.55. The number of pyridine rings is 1. The maximum absolute atomic E-state index is 13.1. The summed E-state index contributed by atoms with van der Waals surface area (Å²) in [6.07, 6.45) is 0.296. The van der Waals surface area contributed by atoms with Crippen LogP contribution in [0.4, 0.5) is 5.69 Å². The molecule has 0 fully saturated rings. The molecule has 3 rings (SSSR count). The fourth-order valence-corrected chi connectivity index (χ4v) is 4.01. The molecule has 2 amide bonds. The van der Waals surface area contributed by atoms with Crippen LogP contribution in [-0.4, -0.2) is 59.5 Å². The molecule has 2 aromatic carbocycles. The van der Waals surface area contributed by atoms with Crippen LogP contribution in [-0.2, 0) is 22.4 Å². The monoisotopic (exact) mass is 513 g/mol. The summed E-state index contributed by atoms with van der Waals surface area (Å²) < 4.78 is 32.6. The first-order valence-corrected chi connectivity index (χ1v) is 11.3. The summed E-state index contributed by atoms with van der Waals surface area (Å²) in [6, 6.07) is 6.77. The number of carbonyl (C=O) groups is 2. The van der Waals surface area contributed by atoms with Crippen LogP contribution in [0.15, 0.2) is 24.3 Å². The van der Waals surface area contributed by atoms with Gasteiger partial charge >= 0.3 is 0 Å². The van der Waals surface area contributed by atoms with E-state index < -0.39 is 5.91 Å². The van der Waals surface area contributed by atoms with E-state index in [9.17, 15) is 9.59 Å². The molecule has 0 aliphatic rings. The first kappa shape index (κ1) is 27.2. The van der Waals surface area contributed by atoms with Crippen LogP contribution in [0.2, 0.25) is 0 Å². The lowest BCUT2D eigenvalue weighted by Crippen LogP contribution is -2.17. The molecule has 0 spiro atoms. The van der Waals surface area contributed by atoms with Crippen LogP contribution in [0.3, 0.4) is 0 Å². The molecule has 37 heavy (non-hydrogen) atoms. The topological polar surface area (TPSA) is 140 Å². The summed E-state index contributed by atoms with van der Waals surface area (Å²) in [4.78, 5) is 29.3. The Morgan fingerprint density at radius 3 is 1.86 bits per heavy atom. The fourth-order valence-electron chi connectivity index (χ4n) is 4.01. The molecule has 0 unspecified atom stereocenters. The lowest BCUT2D eigenvalue weighted by atomic mass is 10.0. The van der Waals surface area contributed by atoms with Gasteiger partial charge in [0.1, 0.15) is 0 Å². The quantitative estimate of drug-likeness (QED) is 0.374. The Bertz CT molecular complexity index is 1280. The number of carbonyl (C=O) groups excluding carboxylic acids is 2. The zero-order valence-corrected chi connectivity index (χ0v) is 21.7. The summed E-state index contributed by atoms with van der Waals surface area (Å²) >= 11 is 0. The molecule has 0 bridgehead atoms. The van der Waals surface area contributed by atoms with Crippen molar-refractivity contribution in [3.05, 3.63) is 35.5 Å². The van der Waals surface area contributed by atoms with Crippen molar-refractivity contribution in [2.24, 2.45) is 5.73 Å². The highest BCUT2D eigenvalue weighted by atomic mass is 16.5. The van der Waals surface area contributed by atoms with Crippen LogP contribution >= 0.6 is 0 Å². The smallest absolute Gasteiger partial charge is 0.228 e. The van der Waals surface area contributed by atoms with Crippen molar-refractivity contribution in [1.29, 1.82) is 0 Å². The van der Waals surface area contributed by atoms with Gasteiger partial charge in [0.25, 0.3) is 0 Å². The fraction of sp³-hybridized carbons (Fsp3) is 0.346. The molecule has 0 aliphatic carbocycles. The highest BCUT2D eigenvalue weighted by molar-refractivity contribution is 5.95. The first-order valence-electron chi connectivity index (χ1n) is 11.3. The Balaban J connectivity index is 2.04. The number of amides is 2. The van der Waals surface area contributed by atoms with E-state index in [0.717, 1.165) is 0 Å². The molecule has 3 N–H and O–H groups in total. The molecule has 198 valence electrons. The molecular formula is C26H31N3O8. The number of anilines is 1. The number of ether oxygens (including phenoxy) is 6. The van der Waals surface area contributed by atoms with E-state index in [4.69, 9.17) is 39.1 Å². The standard InChI is InChI=1S/C26H31N3O8/c1-32-19-11-15(12-20(33-2)25(19)36-5)28-23(31)10-14-9-16-18(29-17(14)7-8-22(27)30)13-21(34-3)26(37-6)24(16)35-4/h9,11-13H,7-8,10H2,1-6H3,(H2,27,30)(H,28,31). The number of methoxy groups -OCH3 is 6. The third-order valence-corrected chi connectivity index (χ3v) is 5.70. The van der Waals surface area contributed by atoms with Crippen LogP contribution in [0.25, 0.3) is 10.9 Å². The lowest BCUT2D eigenvalue weighted by Gasteiger charge is -2.17. The van der Waals surface area contributed by atoms with Gasteiger partial charge in [-0.15, -0.1) is 0 Å². The predicted octanol–water partition coefficient (Wildman–Crippen LogP) is 2.89. The highest BCUT2D eigenvalue weighted by Gasteiger charge is 2.21. The number of hydrogen-bond donors (Lipinski definition) is 2. The SMILES string of the molecule is COc1cc(NC(=O)Cc2cc3c(OC)c(OC)c(OC)cc3nc2CCC(N)=O)cc(OC)c1OC. The average Bonchev–Trinajstić information content (AvgIpc) is 2.89. The van der Waals surface area contributed by atoms with Crippen molar-refractivity contribution in [3.63, 3.8) is 0 Å². The van der Waals surface area contributed by atoms with E-state index in [1.807, 2.05) is 0 Å². The second-order valence-corrected chi connectivity index (χ2v) is 7.91. The number of nitrogens with two attached hydrogens (primary N) is 1. The van der Waals surface area contributed by atoms with Gasteiger partial charge in [-0.3, -0.25) is 14.6 Å². The minimum Gasteiger partial charge on any atom is -0.493 e. The molecule has 0 saturated heterocycles. The van der Waals surface area contributed by atoms with Gasteiger partial charge < -0.3 is 39.5 Å². The Labute approximate surface area is 214 Å². The summed E-state index contributed by atoms with van der Waals surface area (Å²) in [5, 5.41) is 3.47. The van der Waals surface area contributed by atoms with E-state index in [1.54, 1.807) is 24.3 Å². The summed E-state index contributed by atoms with van der Waals surface area (Å²) in [7, 11) is 9.01. The second kappa shape index (κ2) is 12.0. The number of benzene rings is 2. The van der Waals surface area contributed by atoms with Crippen molar-refractivity contribution in [2.45, 2.75) is 19.3 Å². The maximum Gasteiger partial charge on any atom is 0.228 e. The normalized spacial score (nSPS) is 10.5. The number of fused-ring (bicyclic) bond motifs is 1. The molecule has 1 heterocycles. The van der Waals surface area contributed by atoms with E-state index in [2.05, 4.69) is 5.32 Å². The molecule has 1 aromatic heterocycles. The first-order chi connectivity index (χ1) is 17.8. The van der Waals surface area contributed by atoms with Crippen molar-refractivity contribution < 1.29 is 38.0 Å². The van der Waals surface area contributed by atoms with Crippen molar-refractivity contribution in [3.8, 4) is 34.5 Å². The predicted molar refractivity (Wildman–Crippen MR) is 137 cm³/mol. The third-order valence-electron chi connectivity index (χ3n) is 5.70. The zero-order chi connectivity index (χ0) is 27.1. The minimum atomic E-state index is -0.473. The number of hydrogen-bond acceptors (Lipinski definition) is 9. The van der Waals surface area contributed by atoms with Gasteiger partial charge in [-0.05, 0) is 18.1 Å². The van der Waals surface area contributed by atoms with Crippen molar-refractivity contribution >= 4 is 28.4 Å². The number of primary amides is 1. The minimum absolute atomic E-state index is 0.0365. The van der Waals surface area contributed by atoms with Gasteiger partial charge in [0.05, 0.1) is 54.6 Å². The number of aryl methyl sites for hydroxylation is 1. The zero-order valence-electron chi connectivity index (χ0n) is 21.7. The largest absolute Gasteiger partial charge is 0.493 e. The molecule has 11 nitrogen and oxygen atoms in total. The van der Waals surface area contributed by atoms with E-state index in [1.165, 1.54) is 42.7 Å². The summed E-state index contributed by atoms with van der Waals surface area (Å²) in [6.45, 7) is 0. The van der Waals surface area contributed by atoms with Crippen LogP contribution in [0.5, 0.6) is 34.5 Å². The molecule has 0 aliphatic heterocycles. The Hall–Kier alpha value is -4.41. The Morgan fingerprint density at radius 2 is 1.35 bits per heavy atom. The molecule has 0 radical (unpaired) electrons. The molecule has 3 aromatic rings. The van der Waals surface area contributed by atoms with E-state index >= 15 is 0 Å². The lowest BCUT2D eigenvalue weighted by molar-refractivity contribution is -0.118. The maximum atomic E-state index is 13.1. The number of nitrogens with one attached hydrogen (secondary N) is 1. The van der Waals surface area contributed by atoms with Crippen LogP contribution in [0.1, 0.15) is 17.7 Å². The van der Waals surface area contributed by atoms with Crippen molar-refractivity contribution in [2.75, 3.05) is 48.0 Å². The van der Waals surface area contributed by atoms with Gasteiger partial charge in [-0.2, -0.15) is 0 Å². The van der Waals surface area contributed by atoms with Gasteiger partial charge in [-0.25, -0.2) is 0 Å². The third kappa shape index (κ3) is 5.88. The van der Waals surface area contributed by atoms with Gasteiger partial charge in [0.15, 0.2) is 23.0 Å². The number of rotatable bonds is 12. The van der Waals surface area contributed by atoms with Gasteiger partial charge in [0.2, 0.25) is 23.3 Å². The number of nitrogens with zero attached hydrogens (tertiary/aromatic N) is 1. The molecular weight excluding hydrogens is 482 g/mol. The van der Waals surface area contributed by atoms with Crippen molar-refractivity contribution in [1.82, 2.24) is 4.98 Å².